The van der Waals surface area contributed by atoms with Gasteiger partial charge >= 0.3 is 39.6 Å². The van der Waals surface area contributed by atoms with Crippen molar-refractivity contribution < 1.29 is 0 Å². The molecule has 5 heavy (non-hydrogen) atoms. The van der Waals surface area contributed by atoms with Gasteiger partial charge in [-0.15, -0.1) is 0 Å². The molecular formula is H6Ga2Li3. The van der Waals surface area contributed by atoms with Crippen molar-refractivity contribution in [3.05, 3.63) is 0 Å². The van der Waals surface area contributed by atoms with Crippen molar-refractivity contribution in [2.45, 2.75) is 0 Å². The van der Waals surface area contributed by atoms with E-state index >= 15 is 0 Å². The fourth-order valence-corrected chi connectivity index (χ4v) is 0. The summed E-state index contributed by atoms with van der Waals surface area (Å²) in [7, 11) is 0. The van der Waals surface area contributed by atoms with Gasteiger partial charge in [0.25, 0.3) is 0 Å². The maximum Gasteiger partial charge on any atom is 0 e. The third-order valence-electron chi connectivity index (χ3n) is 0. The number of hydrogen-bond acceptors (Lipinski definition) is 0. The molecule has 0 aliphatic carbocycles. The largest absolute Gasteiger partial charge is 0 e. The fraction of sp³-hybridized carbons (Fsp3) is 0. The molecule has 0 aromatic heterocycles. The molecule has 0 fully saturated rings. The van der Waals surface area contributed by atoms with Gasteiger partial charge in [-0.1, -0.05) is 0 Å². The van der Waals surface area contributed by atoms with Gasteiger partial charge in [0, 0.05) is 56.6 Å². The molecule has 0 amide bonds. The van der Waals surface area contributed by atoms with E-state index in [2.05, 4.69) is 0 Å². The van der Waals surface area contributed by atoms with E-state index < -0.39 is 0 Å². The Bertz CT molecular complexity index is 4.85. The molecule has 5 heteroatoms. The second-order valence-corrected chi connectivity index (χ2v) is 0. The molecule has 0 aliphatic rings. The summed E-state index contributed by atoms with van der Waals surface area (Å²) in [5, 5.41) is 0. The molecule has 0 atom stereocenters. The van der Waals surface area contributed by atoms with E-state index in [0.29, 0.717) is 0 Å². The third-order valence-corrected chi connectivity index (χ3v) is 0. The van der Waals surface area contributed by atoms with Crippen molar-refractivity contribution in [1.82, 2.24) is 0 Å². The van der Waals surface area contributed by atoms with Crippen LogP contribution in [0, 0.1) is 0 Å². The Morgan fingerprint density at radius 1 is 0.400 bits per heavy atom. The molecule has 0 saturated carbocycles. The molecule has 15 valence electrons. The Morgan fingerprint density at radius 2 is 0.400 bits per heavy atom. The molecule has 0 unspecified atom stereocenters. The Hall–Kier alpha value is 3.06. The van der Waals surface area contributed by atoms with Crippen LogP contribution in [0.1, 0.15) is 0 Å². The number of hydrogen-bond donors (Lipinski definition) is 0. The fourth-order valence-electron chi connectivity index (χ4n) is 0. The van der Waals surface area contributed by atoms with Gasteiger partial charge in [-0.25, -0.2) is 0 Å². The minimum absolute atomic E-state index is 0. The van der Waals surface area contributed by atoms with E-state index in [1.54, 1.807) is 0 Å². The van der Waals surface area contributed by atoms with Gasteiger partial charge in [-0.2, -0.15) is 0 Å². The predicted molar refractivity (Wildman–Crippen MR) is 37.1 cm³/mol. The Labute approximate surface area is 94.6 Å². The smallest absolute Gasteiger partial charge is 0 e. The van der Waals surface area contributed by atoms with Crippen LogP contribution in [0.3, 0.4) is 0 Å². The van der Waals surface area contributed by atoms with Crippen LogP contribution in [-0.4, -0.2) is 96.2 Å². The SMILES string of the molecule is [GaH3].[GaH3].[Li].[Li].[Li]. The molecule has 0 rings (SSSR count). The van der Waals surface area contributed by atoms with Crippen LogP contribution in [0.15, 0.2) is 0 Å². The average Bonchev–Trinajstić information content (AvgIpc) is 0. The molecular weight excluding hydrogens is 160 g/mol. The summed E-state index contributed by atoms with van der Waals surface area (Å²) >= 11 is 0. The molecule has 0 aromatic rings. The van der Waals surface area contributed by atoms with Crippen LogP contribution in [-0.2, 0) is 0 Å². The van der Waals surface area contributed by atoms with Gasteiger partial charge in [0.15, 0.2) is 0 Å². The van der Waals surface area contributed by atoms with Crippen LogP contribution < -0.4 is 0 Å². The first-order chi connectivity index (χ1) is 0. The van der Waals surface area contributed by atoms with Crippen LogP contribution in [0.25, 0.3) is 0 Å². The summed E-state index contributed by atoms with van der Waals surface area (Å²) in [6.07, 6.45) is 0. The molecule has 0 saturated heterocycles. The molecule has 0 N–H and O–H groups in total. The van der Waals surface area contributed by atoms with Crippen molar-refractivity contribution in [3.8, 4) is 0 Å². The van der Waals surface area contributed by atoms with E-state index in [9.17, 15) is 0 Å². The first-order valence-electron chi connectivity index (χ1n) is 0. The average molecular weight is 166 g/mol. The monoisotopic (exact) mass is 165 g/mol. The van der Waals surface area contributed by atoms with Crippen LogP contribution in [0.5, 0.6) is 0 Å². The summed E-state index contributed by atoms with van der Waals surface area (Å²) in [5.41, 5.74) is 0. The Morgan fingerprint density at radius 3 is 0.400 bits per heavy atom. The Balaban J connectivity index is 0. The quantitative estimate of drug-likeness (QED) is 0.328. The third kappa shape index (κ3) is 19.3. The predicted octanol–water partition coefficient (Wildman–Crippen LogP) is -3.51. The maximum atomic E-state index is 0. The summed E-state index contributed by atoms with van der Waals surface area (Å²) < 4.78 is 0. The zero-order valence-corrected chi connectivity index (χ0v) is 3.00. The summed E-state index contributed by atoms with van der Waals surface area (Å²) in [4.78, 5) is 0. The van der Waals surface area contributed by atoms with Gasteiger partial charge < -0.3 is 0 Å². The van der Waals surface area contributed by atoms with E-state index in [4.69, 9.17) is 0 Å². The van der Waals surface area contributed by atoms with Crippen molar-refractivity contribution in [2.75, 3.05) is 0 Å². The molecule has 0 aliphatic heterocycles. The van der Waals surface area contributed by atoms with Gasteiger partial charge in [-0.05, 0) is 0 Å². The van der Waals surface area contributed by atoms with E-state index in [1.165, 1.54) is 0 Å². The van der Waals surface area contributed by atoms with Crippen LogP contribution in [0.2, 0.25) is 0 Å². The second-order valence-electron chi connectivity index (χ2n) is 0. The minimum atomic E-state index is 0. The van der Waals surface area contributed by atoms with Crippen LogP contribution in [0.4, 0.5) is 0 Å². The zero-order chi connectivity index (χ0) is 0. The minimum Gasteiger partial charge on any atom is 0 e. The molecule has 0 spiro atoms. The topological polar surface area (TPSA) is 0 Å². The molecule has 0 aromatic carbocycles. The summed E-state index contributed by atoms with van der Waals surface area (Å²) in [5.74, 6) is 0. The van der Waals surface area contributed by atoms with Gasteiger partial charge in [0.2, 0.25) is 0 Å². The molecule has 0 heterocycles. The molecule has 0 nitrogen and oxygen atoms in total. The summed E-state index contributed by atoms with van der Waals surface area (Å²) in [6, 6.07) is 0. The van der Waals surface area contributed by atoms with Crippen molar-refractivity contribution in [1.29, 1.82) is 0 Å². The van der Waals surface area contributed by atoms with Gasteiger partial charge in [0.05, 0.1) is 0 Å². The first kappa shape index (κ1) is 42.9. The van der Waals surface area contributed by atoms with Crippen LogP contribution >= 0.6 is 0 Å². The normalized spacial score (nSPS) is 0. The first-order valence-corrected chi connectivity index (χ1v) is 0. The van der Waals surface area contributed by atoms with Crippen molar-refractivity contribution in [3.63, 3.8) is 0 Å². The van der Waals surface area contributed by atoms with Crippen molar-refractivity contribution >= 4 is 96.2 Å². The van der Waals surface area contributed by atoms with E-state index in [-0.39, 0.29) is 96.2 Å². The van der Waals surface area contributed by atoms with Crippen molar-refractivity contribution in [2.24, 2.45) is 0 Å². The molecule has 3 radical (unpaired) electrons. The van der Waals surface area contributed by atoms with E-state index in [0.717, 1.165) is 0 Å². The Kier molecular flexibility index (Phi) is 237. The summed E-state index contributed by atoms with van der Waals surface area (Å²) in [6.45, 7) is 0. The standard InChI is InChI=1S/2Ga.3Li.6H. The molecule has 0 bridgehead atoms. The zero-order valence-electron chi connectivity index (χ0n) is 3.00. The van der Waals surface area contributed by atoms with E-state index in [1.807, 2.05) is 0 Å². The number of rotatable bonds is 0. The maximum absolute atomic E-state index is 0. The van der Waals surface area contributed by atoms with Gasteiger partial charge in [-0.3, -0.25) is 0 Å². The second kappa shape index (κ2) is 27.7. The van der Waals surface area contributed by atoms with Gasteiger partial charge in [0.1, 0.15) is 0 Å².